The van der Waals surface area contributed by atoms with E-state index < -0.39 is 10.8 Å². The molecule has 1 fully saturated rings. The van der Waals surface area contributed by atoms with Gasteiger partial charge in [0.05, 0.1) is 17.7 Å². The van der Waals surface area contributed by atoms with E-state index in [1.54, 1.807) is 16.7 Å². The lowest BCUT2D eigenvalue weighted by molar-refractivity contribution is -0.385. The van der Waals surface area contributed by atoms with Crippen molar-refractivity contribution in [2.45, 2.75) is 25.4 Å². The molecule has 11 heteroatoms. The van der Waals surface area contributed by atoms with Gasteiger partial charge in [0.2, 0.25) is 5.82 Å². The minimum atomic E-state index is -0.653. The Morgan fingerprint density at radius 1 is 1.38 bits per heavy atom. The number of nitro benzene ring substituents is 1. The summed E-state index contributed by atoms with van der Waals surface area (Å²) in [6, 6.07) is 7.29. The maximum atomic E-state index is 12.7. The molecule has 1 aliphatic rings. The molecule has 0 bridgehead atoms. The first-order valence-electron chi connectivity index (χ1n) is 8.91. The quantitative estimate of drug-likeness (QED) is 0.465. The number of aromatic nitrogens is 3. The van der Waals surface area contributed by atoms with Gasteiger partial charge in [-0.15, -0.1) is 5.10 Å². The average molecular weight is 418 g/mol. The average Bonchev–Trinajstić information content (AvgIpc) is 3.26. The number of carbonyl (C=O) groups is 1. The van der Waals surface area contributed by atoms with E-state index >= 15 is 0 Å². The maximum Gasteiger partial charge on any atom is 0.346 e. The highest BCUT2D eigenvalue weighted by Crippen LogP contribution is 2.36. The fraction of sp³-hybridized carbons (Fsp3) is 0.278. The van der Waals surface area contributed by atoms with Crippen LogP contribution in [0.25, 0.3) is 11.6 Å². The van der Waals surface area contributed by atoms with Gasteiger partial charge in [0.25, 0.3) is 11.6 Å². The van der Waals surface area contributed by atoms with E-state index in [0.29, 0.717) is 11.6 Å². The number of benzene rings is 1. The Bertz CT molecular complexity index is 1130. The summed E-state index contributed by atoms with van der Waals surface area (Å²) in [6.07, 6.45) is 3.30. The minimum Gasteiger partial charge on any atom is -0.461 e. The third-order valence-electron chi connectivity index (χ3n) is 4.53. The zero-order valence-electron chi connectivity index (χ0n) is 15.1. The van der Waals surface area contributed by atoms with Gasteiger partial charge in [-0.3, -0.25) is 19.5 Å². The summed E-state index contributed by atoms with van der Waals surface area (Å²) in [6.45, 7) is 0.161. The molecule has 2 aromatic heterocycles. The Hall–Kier alpha value is -3.40. The van der Waals surface area contributed by atoms with Crippen molar-refractivity contribution in [3.05, 3.63) is 67.8 Å². The van der Waals surface area contributed by atoms with Crippen molar-refractivity contribution >= 4 is 23.2 Å². The molecule has 1 aliphatic carbocycles. The van der Waals surface area contributed by atoms with Crippen LogP contribution >= 0.6 is 11.6 Å². The number of hydrogen-bond acceptors (Lipinski definition) is 6. The summed E-state index contributed by atoms with van der Waals surface area (Å²) in [7, 11) is 0. The Balaban J connectivity index is 1.50. The number of halogens is 1. The summed E-state index contributed by atoms with van der Waals surface area (Å²) in [5, 5.41) is 18.2. The number of nitrogens with one attached hydrogen (secondary N) is 1. The predicted molar refractivity (Wildman–Crippen MR) is 103 cm³/mol. The first-order chi connectivity index (χ1) is 14.0. The van der Waals surface area contributed by atoms with Crippen molar-refractivity contribution in [2.75, 3.05) is 6.54 Å². The fourth-order valence-corrected chi connectivity index (χ4v) is 3.19. The van der Waals surface area contributed by atoms with E-state index in [0.717, 1.165) is 12.8 Å². The first kappa shape index (κ1) is 18.9. The lowest BCUT2D eigenvalue weighted by Gasteiger charge is -2.06. The van der Waals surface area contributed by atoms with Gasteiger partial charge in [0.15, 0.2) is 5.76 Å². The van der Waals surface area contributed by atoms with Crippen LogP contribution in [0.4, 0.5) is 5.69 Å². The summed E-state index contributed by atoms with van der Waals surface area (Å²) in [5.74, 6) is 0.283. The Labute approximate surface area is 168 Å². The number of hydrogen-bond donors (Lipinski definition) is 1. The largest absolute Gasteiger partial charge is 0.461 e. The molecule has 0 aliphatic heterocycles. The van der Waals surface area contributed by atoms with Crippen LogP contribution in [0.3, 0.4) is 0 Å². The van der Waals surface area contributed by atoms with Crippen molar-refractivity contribution < 1.29 is 14.1 Å². The van der Waals surface area contributed by atoms with E-state index in [4.69, 9.17) is 16.0 Å². The molecule has 0 unspecified atom stereocenters. The zero-order valence-corrected chi connectivity index (χ0v) is 15.8. The molecule has 0 radical (unpaired) electrons. The van der Waals surface area contributed by atoms with Crippen LogP contribution in [0.1, 0.15) is 29.2 Å². The molecule has 0 saturated heterocycles. The third kappa shape index (κ3) is 3.79. The third-order valence-corrected chi connectivity index (χ3v) is 4.77. The van der Waals surface area contributed by atoms with Crippen LogP contribution < -0.4 is 11.0 Å². The lowest BCUT2D eigenvalue weighted by atomic mass is 10.1. The van der Waals surface area contributed by atoms with Gasteiger partial charge in [-0.25, -0.2) is 9.48 Å². The highest BCUT2D eigenvalue weighted by Gasteiger charge is 2.31. The van der Waals surface area contributed by atoms with Crippen LogP contribution in [-0.2, 0) is 6.54 Å². The highest BCUT2D eigenvalue weighted by molar-refractivity contribution is 6.31. The maximum absolute atomic E-state index is 12.7. The van der Waals surface area contributed by atoms with Gasteiger partial charge >= 0.3 is 5.69 Å². The number of rotatable bonds is 7. The van der Waals surface area contributed by atoms with Crippen molar-refractivity contribution in [2.24, 2.45) is 0 Å². The molecule has 29 heavy (non-hydrogen) atoms. The van der Waals surface area contributed by atoms with Gasteiger partial charge < -0.3 is 9.73 Å². The summed E-state index contributed by atoms with van der Waals surface area (Å²) >= 11 is 5.85. The van der Waals surface area contributed by atoms with Crippen molar-refractivity contribution in [1.29, 1.82) is 0 Å². The van der Waals surface area contributed by atoms with Gasteiger partial charge in [-0.05, 0) is 37.1 Å². The summed E-state index contributed by atoms with van der Waals surface area (Å²) in [5.41, 5.74) is -0.779. The summed E-state index contributed by atoms with van der Waals surface area (Å²) in [4.78, 5) is 35.5. The zero-order chi connectivity index (χ0) is 20.5. The number of amides is 1. The van der Waals surface area contributed by atoms with Crippen LogP contribution in [0.2, 0.25) is 5.02 Å². The monoisotopic (exact) mass is 417 g/mol. The fourth-order valence-electron chi connectivity index (χ4n) is 3.02. The number of nitrogens with zero attached hydrogens (tertiary/aromatic N) is 4. The Morgan fingerprint density at radius 2 is 2.17 bits per heavy atom. The number of nitro groups is 1. The van der Waals surface area contributed by atoms with E-state index in [2.05, 4.69) is 10.4 Å². The van der Waals surface area contributed by atoms with E-state index in [1.807, 2.05) is 0 Å². The molecule has 10 nitrogen and oxygen atoms in total. The molecule has 150 valence electrons. The molecule has 1 aromatic carbocycles. The van der Waals surface area contributed by atoms with Gasteiger partial charge in [-0.2, -0.15) is 0 Å². The van der Waals surface area contributed by atoms with Crippen LogP contribution in [0.15, 0.2) is 45.8 Å². The standard InChI is InChI=1S/C18H16ClN5O5/c19-11-3-6-14(24(27)28)13(10-11)17(25)20-7-8-22-18(26)23(12-4-5-12)16(21-22)15-2-1-9-29-15/h1-3,6,9-10,12H,4-5,7-8H2,(H,20,25). The van der Waals surface area contributed by atoms with Gasteiger partial charge in [0.1, 0.15) is 5.56 Å². The normalized spacial score (nSPS) is 13.4. The molecule has 4 rings (SSSR count). The molecule has 1 amide bonds. The van der Waals surface area contributed by atoms with Crippen LogP contribution in [0.5, 0.6) is 0 Å². The lowest BCUT2D eigenvalue weighted by Crippen LogP contribution is -2.32. The second-order valence-corrected chi connectivity index (χ2v) is 7.02. The topological polar surface area (TPSA) is 125 Å². The smallest absolute Gasteiger partial charge is 0.346 e. The van der Waals surface area contributed by atoms with Crippen molar-refractivity contribution in [1.82, 2.24) is 19.7 Å². The SMILES string of the molecule is O=C(NCCn1nc(-c2ccco2)n(C2CC2)c1=O)c1cc(Cl)ccc1[N+](=O)[O-]. The molecule has 3 aromatic rings. The van der Waals surface area contributed by atoms with Gasteiger partial charge in [-0.1, -0.05) is 11.6 Å². The van der Waals surface area contributed by atoms with Crippen LogP contribution in [0, 0.1) is 10.1 Å². The van der Waals surface area contributed by atoms with E-state index in [1.165, 1.54) is 29.1 Å². The second-order valence-electron chi connectivity index (χ2n) is 6.58. The molecule has 1 saturated carbocycles. The van der Waals surface area contributed by atoms with Crippen molar-refractivity contribution in [3.63, 3.8) is 0 Å². The Morgan fingerprint density at radius 3 is 2.83 bits per heavy atom. The predicted octanol–water partition coefficient (Wildman–Crippen LogP) is 2.63. The van der Waals surface area contributed by atoms with Crippen molar-refractivity contribution in [3.8, 4) is 11.6 Å². The summed E-state index contributed by atoms with van der Waals surface area (Å²) < 4.78 is 8.22. The molecule has 0 spiro atoms. The minimum absolute atomic E-state index is 0.0572. The molecule has 2 heterocycles. The van der Waals surface area contributed by atoms with E-state index in [9.17, 15) is 19.7 Å². The second kappa shape index (κ2) is 7.55. The van der Waals surface area contributed by atoms with E-state index in [-0.39, 0.29) is 41.1 Å². The van der Waals surface area contributed by atoms with Gasteiger partial charge in [0, 0.05) is 23.7 Å². The molecule has 1 N–H and O–H groups in total. The number of carbonyl (C=O) groups excluding carboxylic acids is 1. The molecular weight excluding hydrogens is 402 g/mol. The highest BCUT2D eigenvalue weighted by atomic mass is 35.5. The van der Waals surface area contributed by atoms with Crippen LogP contribution in [-0.4, -0.2) is 31.7 Å². The first-order valence-corrected chi connectivity index (χ1v) is 9.29. The molecule has 0 atom stereocenters. The Kier molecular flexibility index (Phi) is 4.93. The number of furan rings is 1. The molecular formula is C18H16ClN5O5.